The van der Waals surface area contributed by atoms with Crippen LogP contribution in [0.3, 0.4) is 0 Å². The molecule has 68 valence electrons. The molecule has 3 rings (SSSR count). The van der Waals surface area contributed by atoms with Crippen LogP contribution in [0.4, 0.5) is 0 Å². The van der Waals surface area contributed by atoms with Gasteiger partial charge in [-0.25, -0.2) is 0 Å². The fourth-order valence-corrected chi connectivity index (χ4v) is 3.16. The summed E-state index contributed by atoms with van der Waals surface area (Å²) >= 11 is 0. The third kappa shape index (κ3) is 0.688. The minimum Gasteiger partial charge on any atom is -0.0590 e. The molecule has 2 saturated carbocycles. The van der Waals surface area contributed by atoms with Crippen molar-refractivity contribution in [2.45, 2.75) is 32.6 Å². The normalized spacial score (nSPS) is 38.2. The van der Waals surface area contributed by atoms with Crippen molar-refractivity contribution in [3.63, 3.8) is 0 Å². The van der Waals surface area contributed by atoms with Gasteiger partial charge in [0.1, 0.15) is 0 Å². The van der Waals surface area contributed by atoms with Gasteiger partial charge in [-0.1, -0.05) is 43.7 Å². The minimum absolute atomic E-state index is 0.598. The van der Waals surface area contributed by atoms with Gasteiger partial charge in [0.2, 0.25) is 0 Å². The molecular formula is C13H16. The Morgan fingerprint density at radius 1 is 1.15 bits per heavy atom. The van der Waals surface area contributed by atoms with Crippen molar-refractivity contribution in [3.05, 3.63) is 35.4 Å². The number of benzene rings is 1. The average Bonchev–Trinajstić information content (AvgIpc) is 2.92. The lowest BCUT2D eigenvalue weighted by Crippen LogP contribution is -2.11. The van der Waals surface area contributed by atoms with Crippen LogP contribution >= 0.6 is 0 Å². The Labute approximate surface area is 80.0 Å². The zero-order valence-electron chi connectivity index (χ0n) is 8.59. The molecule has 1 aromatic rings. The van der Waals surface area contributed by atoms with Crippen molar-refractivity contribution in [3.8, 4) is 0 Å². The molecule has 2 atom stereocenters. The Kier molecular flexibility index (Phi) is 1.08. The molecule has 0 aliphatic heterocycles. The van der Waals surface area contributed by atoms with Crippen LogP contribution in [0.15, 0.2) is 24.3 Å². The quantitative estimate of drug-likeness (QED) is 0.609. The molecular weight excluding hydrogens is 156 g/mol. The molecule has 0 nitrogen and oxygen atoms in total. The van der Waals surface area contributed by atoms with E-state index in [0.717, 1.165) is 5.92 Å². The number of aryl methyl sites for hydroxylation is 1. The highest BCUT2D eigenvalue weighted by atomic mass is 14.9. The molecule has 0 N–H and O–H groups in total. The predicted octanol–water partition coefficient (Wildman–Crippen LogP) is 3.29. The molecule has 1 aromatic carbocycles. The maximum absolute atomic E-state index is 2.40. The Bertz CT molecular complexity index is 358. The van der Waals surface area contributed by atoms with Crippen LogP contribution in [0.2, 0.25) is 0 Å². The smallest absolute Gasteiger partial charge is 0.00442 e. The van der Waals surface area contributed by atoms with E-state index in [4.69, 9.17) is 0 Å². The highest BCUT2D eigenvalue weighted by Gasteiger charge is 2.84. The first-order chi connectivity index (χ1) is 6.09. The lowest BCUT2D eigenvalue weighted by atomic mass is 9.87. The second-order valence-electron chi connectivity index (χ2n) is 5.32. The second kappa shape index (κ2) is 1.84. The van der Waals surface area contributed by atoms with E-state index in [1.165, 1.54) is 12.0 Å². The fourth-order valence-electron chi connectivity index (χ4n) is 3.16. The van der Waals surface area contributed by atoms with Gasteiger partial charge in [0.15, 0.2) is 0 Å². The van der Waals surface area contributed by atoms with Gasteiger partial charge in [-0.15, -0.1) is 0 Å². The molecule has 2 fully saturated rings. The molecule has 2 aliphatic rings. The van der Waals surface area contributed by atoms with Gasteiger partial charge in [0.25, 0.3) is 0 Å². The summed E-state index contributed by atoms with van der Waals surface area (Å²) in [7, 11) is 0. The molecule has 0 unspecified atom stereocenters. The zero-order valence-corrected chi connectivity index (χ0v) is 8.59. The molecule has 0 aromatic heterocycles. The molecule has 0 saturated heterocycles. The summed E-state index contributed by atoms with van der Waals surface area (Å²) in [6.07, 6.45) is 1.43. The first-order valence-corrected chi connectivity index (χ1v) is 5.16. The first-order valence-electron chi connectivity index (χ1n) is 5.16. The average molecular weight is 172 g/mol. The minimum atomic E-state index is 0.598. The molecule has 0 bridgehead atoms. The summed E-state index contributed by atoms with van der Waals surface area (Å²) in [5.41, 5.74) is 4.15. The zero-order chi connectivity index (χ0) is 9.27. The van der Waals surface area contributed by atoms with Crippen LogP contribution in [0.25, 0.3) is 0 Å². The molecule has 0 spiro atoms. The molecule has 0 heteroatoms. The van der Waals surface area contributed by atoms with Crippen molar-refractivity contribution in [2.75, 3.05) is 0 Å². The summed E-state index contributed by atoms with van der Waals surface area (Å²) in [5.74, 6) is 0.989. The van der Waals surface area contributed by atoms with Crippen LogP contribution in [0, 0.1) is 18.3 Å². The van der Waals surface area contributed by atoms with Gasteiger partial charge < -0.3 is 0 Å². The van der Waals surface area contributed by atoms with Crippen LogP contribution in [-0.4, -0.2) is 0 Å². The number of hydrogen-bond donors (Lipinski definition) is 0. The Hall–Kier alpha value is -0.780. The monoisotopic (exact) mass is 172 g/mol. The maximum atomic E-state index is 2.40. The molecule has 0 heterocycles. The Morgan fingerprint density at radius 2 is 1.69 bits per heavy atom. The second-order valence-corrected chi connectivity index (χ2v) is 5.32. The predicted molar refractivity (Wildman–Crippen MR) is 54.7 cm³/mol. The largest absolute Gasteiger partial charge is 0.0590 e. The van der Waals surface area contributed by atoms with Crippen molar-refractivity contribution in [2.24, 2.45) is 11.3 Å². The Balaban J connectivity index is 2.00. The van der Waals surface area contributed by atoms with E-state index >= 15 is 0 Å². The SMILES string of the molecule is Cc1ccc([C@]23C[C@H]2C3(C)C)cc1. The van der Waals surface area contributed by atoms with Crippen molar-refractivity contribution in [1.82, 2.24) is 0 Å². The molecule has 0 amide bonds. The summed E-state index contributed by atoms with van der Waals surface area (Å²) in [6.45, 7) is 6.96. The molecule has 0 radical (unpaired) electrons. The molecule has 2 aliphatic carbocycles. The van der Waals surface area contributed by atoms with Gasteiger partial charge in [-0.05, 0) is 30.2 Å². The van der Waals surface area contributed by atoms with Crippen molar-refractivity contribution < 1.29 is 0 Å². The van der Waals surface area contributed by atoms with Crippen LogP contribution < -0.4 is 0 Å². The standard InChI is InChI=1S/C13H16/c1-9-4-6-10(7-5-9)13-8-11(13)12(13,2)3/h4-7,11H,8H2,1-3H3/t11-,13+/m0/s1. The van der Waals surface area contributed by atoms with E-state index in [0.29, 0.717) is 10.8 Å². The van der Waals surface area contributed by atoms with Crippen molar-refractivity contribution in [1.29, 1.82) is 0 Å². The van der Waals surface area contributed by atoms with E-state index in [9.17, 15) is 0 Å². The van der Waals surface area contributed by atoms with E-state index < -0.39 is 0 Å². The van der Waals surface area contributed by atoms with Gasteiger partial charge in [-0.2, -0.15) is 0 Å². The van der Waals surface area contributed by atoms with Gasteiger partial charge in [0, 0.05) is 5.41 Å². The van der Waals surface area contributed by atoms with Gasteiger partial charge >= 0.3 is 0 Å². The van der Waals surface area contributed by atoms with E-state index in [-0.39, 0.29) is 0 Å². The van der Waals surface area contributed by atoms with Gasteiger partial charge in [-0.3, -0.25) is 0 Å². The van der Waals surface area contributed by atoms with Crippen LogP contribution in [-0.2, 0) is 5.41 Å². The van der Waals surface area contributed by atoms with Gasteiger partial charge in [0.05, 0.1) is 0 Å². The highest BCUT2D eigenvalue weighted by Crippen LogP contribution is 2.87. The summed E-state index contributed by atoms with van der Waals surface area (Å²) in [4.78, 5) is 0. The fraction of sp³-hybridized carbons (Fsp3) is 0.538. The number of fused-ring (bicyclic) bond motifs is 1. The highest BCUT2D eigenvalue weighted by molar-refractivity contribution is 5.50. The van der Waals surface area contributed by atoms with E-state index in [1.54, 1.807) is 5.56 Å². The van der Waals surface area contributed by atoms with Crippen molar-refractivity contribution >= 4 is 0 Å². The third-order valence-corrected chi connectivity index (χ3v) is 4.47. The maximum Gasteiger partial charge on any atom is 0.00442 e. The summed E-state index contributed by atoms with van der Waals surface area (Å²) < 4.78 is 0. The van der Waals surface area contributed by atoms with Crippen LogP contribution in [0.5, 0.6) is 0 Å². The molecule has 13 heavy (non-hydrogen) atoms. The summed E-state index contributed by atoms with van der Waals surface area (Å²) in [5, 5.41) is 0. The van der Waals surface area contributed by atoms with Crippen LogP contribution in [0.1, 0.15) is 31.4 Å². The first kappa shape index (κ1) is 7.61. The summed E-state index contributed by atoms with van der Waals surface area (Å²) in [6, 6.07) is 9.13. The number of rotatable bonds is 1. The van der Waals surface area contributed by atoms with E-state index in [1.807, 2.05) is 0 Å². The Morgan fingerprint density at radius 3 is 2.08 bits per heavy atom. The lowest BCUT2D eigenvalue weighted by Gasteiger charge is -2.17. The number of hydrogen-bond acceptors (Lipinski definition) is 0. The third-order valence-electron chi connectivity index (χ3n) is 4.47. The topological polar surface area (TPSA) is 0 Å². The lowest BCUT2D eigenvalue weighted by molar-refractivity contribution is 0.425. The van der Waals surface area contributed by atoms with E-state index in [2.05, 4.69) is 45.0 Å².